The Morgan fingerprint density at radius 1 is 1.57 bits per heavy atom. The van der Waals surface area contributed by atoms with E-state index in [1.807, 2.05) is 0 Å². The Labute approximate surface area is 78.3 Å². The third-order valence-electron chi connectivity index (χ3n) is 1.36. The summed E-state index contributed by atoms with van der Waals surface area (Å²) in [6.45, 7) is -0.0659. The van der Waals surface area contributed by atoms with E-state index < -0.39 is 24.6 Å². The van der Waals surface area contributed by atoms with Crippen LogP contribution in [0.4, 0.5) is 13.2 Å². The number of nitriles is 1. The van der Waals surface area contributed by atoms with E-state index in [2.05, 4.69) is 5.32 Å². The minimum absolute atomic E-state index is 0.0262. The van der Waals surface area contributed by atoms with Crippen LogP contribution in [-0.4, -0.2) is 29.8 Å². The molecule has 0 aliphatic carbocycles. The normalized spacial score (nSPS) is 13.3. The molecule has 0 aliphatic rings. The molecule has 0 rings (SSSR count). The highest BCUT2D eigenvalue weighted by atomic mass is 19.4. The minimum Gasteiger partial charge on any atom is -0.480 e. The average molecular weight is 210 g/mol. The Hall–Kier alpha value is -1.29. The summed E-state index contributed by atoms with van der Waals surface area (Å²) < 4.78 is 35.4. The highest BCUT2D eigenvalue weighted by Crippen LogP contribution is 2.21. The van der Waals surface area contributed by atoms with Crippen LogP contribution in [-0.2, 0) is 4.79 Å². The SMILES string of the molecule is N#CCCNC(CC(F)(F)F)C(=O)O. The Bertz CT molecular complexity index is 234. The molecule has 0 bridgehead atoms. The molecule has 7 heteroatoms. The van der Waals surface area contributed by atoms with Crippen molar-refractivity contribution in [1.29, 1.82) is 5.26 Å². The number of alkyl halides is 3. The molecule has 1 atom stereocenters. The van der Waals surface area contributed by atoms with Gasteiger partial charge in [0.25, 0.3) is 0 Å². The molecule has 0 heterocycles. The van der Waals surface area contributed by atoms with E-state index in [1.165, 1.54) is 0 Å². The van der Waals surface area contributed by atoms with Gasteiger partial charge in [-0.2, -0.15) is 18.4 Å². The van der Waals surface area contributed by atoms with Crippen LogP contribution in [0.25, 0.3) is 0 Å². The first-order valence-electron chi connectivity index (χ1n) is 3.76. The van der Waals surface area contributed by atoms with E-state index >= 15 is 0 Å². The van der Waals surface area contributed by atoms with Gasteiger partial charge in [0.05, 0.1) is 12.5 Å². The quantitative estimate of drug-likeness (QED) is 0.661. The zero-order valence-electron chi connectivity index (χ0n) is 7.14. The molecule has 0 aromatic rings. The molecule has 0 saturated heterocycles. The van der Waals surface area contributed by atoms with Crippen LogP contribution in [0.5, 0.6) is 0 Å². The Morgan fingerprint density at radius 3 is 2.50 bits per heavy atom. The summed E-state index contributed by atoms with van der Waals surface area (Å²) in [7, 11) is 0. The number of carboxylic acids is 1. The topological polar surface area (TPSA) is 73.1 Å². The number of nitrogens with one attached hydrogen (secondary N) is 1. The third-order valence-corrected chi connectivity index (χ3v) is 1.36. The average Bonchev–Trinajstić information content (AvgIpc) is 2.00. The predicted molar refractivity (Wildman–Crippen MR) is 40.3 cm³/mol. The number of rotatable bonds is 5. The fraction of sp³-hybridized carbons (Fsp3) is 0.714. The fourth-order valence-corrected chi connectivity index (χ4v) is 0.781. The summed E-state index contributed by atoms with van der Waals surface area (Å²) in [4.78, 5) is 10.3. The summed E-state index contributed by atoms with van der Waals surface area (Å²) in [6.07, 6.45) is -5.99. The van der Waals surface area contributed by atoms with E-state index in [-0.39, 0.29) is 13.0 Å². The second-order valence-corrected chi connectivity index (χ2v) is 2.57. The van der Waals surface area contributed by atoms with Gasteiger partial charge < -0.3 is 10.4 Å². The van der Waals surface area contributed by atoms with Gasteiger partial charge in [0.1, 0.15) is 6.04 Å². The molecule has 4 nitrogen and oxygen atoms in total. The molecule has 1 unspecified atom stereocenters. The van der Waals surface area contributed by atoms with Crippen LogP contribution in [0.15, 0.2) is 0 Å². The lowest BCUT2D eigenvalue weighted by atomic mass is 10.2. The van der Waals surface area contributed by atoms with Crippen LogP contribution < -0.4 is 5.32 Å². The number of nitrogens with zero attached hydrogens (tertiary/aromatic N) is 1. The van der Waals surface area contributed by atoms with E-state index in [0.29, 0.717) is 0 Å². The van der Waals surface area contributed by atoms with E-state index in [9.17, 15) is 18.0 Å². The van der Waals surface area contributed by atoms with Gasteiger partial charge in [-0.25, -0.2) is 0 Å². The van der Waals surface area contributed by atoms with Gasteiger partial charge in [-0.1, -0.05) is 0 Å². The first-order valence-corrected chi connectivity index (χ1v) is 3.76. The monoisotopic (exact) mass is 210 g/mol. The van der Waals surface area contributed by atoms with Crippen molar-refractivity contribution in [3.63, 3.8) is 0 Å². The molecule has 0 aromatic heterocycles. The van der Waals surface area contributed by atoms with Gasteiger partial charge in [-0.05, 0) is 0 Å². The number of hydrogen-bond acceptors (Lipinski definition) is 3. The summed E-state index contributed by atoms with van der Waals surface area (Å²) >= 11 is 0. The van der Waals surface area contributed by atoms with Crippen LogP contribution in [0.1, 0.15) is 12.8 Å². The lowest BCUT2D eigenvalue weighted by Gasteiger charge is -2.15. The molecule has 0 aromatic carbocycles. The summed E-state index contributed by atoms with van der Waals surface area (Å²) in [5, 5.41) is 18.6. The van der Waals surface area contributed by atoms with Gasteiger partial charge in [0.2, 0.25) is 0 Å². The summed E-state index contributed by atoms with van der Waals surface area (Å²) in [5.74, 6) is -1.57. The van der Waals surface area contributed by atoms with Crippen molar-refractivity contribution in [2.45, 2.75) is 25.1 Å². The van der Waals surface area contributed by atoms with Crippen LogP contribution in [0.2, 0.25) is 0 Å². The molecule has 0 radical (unpaired) electrons. The van der Waals surface area contributed by atoms with Crippen molar-refractivity contribution in [2.24, 2.45) is 0 Å². The maximum Gasteiger partial charge on any atom is 0.391 e. The number of hydrogen-bond donors (Lipinski definition) is 2. The summed E-state index contributed by atoms with van der Waals surface area (Å²) in [5.41, 5.74) is 0. The highest BCUT2D eigenvalue weighted by Gasteiger charge is 2.34. The smallest absolute Gasteiger partial charge is 0.391 e. The highest BCUT2D eigenvalue weighted by molar-refractivity contribution is 5.73. The van der Waals surface area contributed by atoms with Crippen LogP contribution in [0, 0.1) is 11.3 Å². The van der Waals surface area contributed by atoms with E-state index in [0.717, 1.165) is 0 Å². The molecule has 0 aliphatic heterocycles. The van der Waals surface area contributed by atoms with E-state index in [1.54, 1.807) is 6.07 Å². The molecular weight excluding hydrogens is 201 g/mol. The van der Waals surface area contributed by atoms with Crippen molar-refractivity contribution in [3.05, 3.63) is 0 Å². The maximum absolute atomic E-state index is 11.8. The molecule has 0 fully saturated rings. The molecule has 14 heavy (non-hydrogen) atoms. The second-order valence-electron chi connectivity index (χ2n) is 2.57. The van der Waals surface area contributed by atoms with Gasteiger partial charge in [0, 0.05) is 13.0 Å². The minimum atomic E-state index is -4.53. The first-order chi connectivity index (χ1) is 6.37. The van der Waals surface area contributed by atoms with Crippen LogP contribution >= 0.6 is 0 Å². The number of aliphatic carboxylic acids is 1. The van der Waals surface area contributed by atoms with Gasteiger partial charge >= 0.3 is 12.1 Å². The molecule has 0 amide bonds. The number of halogens is 3. The molecule has 0 spiro atoms. The largest absolute Gasteiger partial charge is 0.480 e. The molecule has 80 valence electrons. The maximum atomic E-state index is 11.8. The fourth-order valence-electron chi connectivity index (χ4n) is 0.781. The van der Waals surface area contributed by atoms with Gasteiger partial charge in [-0.15, -0.1) is 0 Å². The second kappa shape index (κ2) is 5.44. The lowest BCUT2D eigenvalue weighted by Crippen LogP contribution is -2.40. The van der Waals surface area contributed by atoms with Crippen molar-refractivity contribution in [1.82, 2.24) is 5.32 Å². The standard InChI is InChI=1S/C7H9F3N2O2/c8-7(9,10)4-5(6(13)14)12-3-1-2-11/h5,12H,1,3-4H2,(H,13,14). The van der Waals surface area contributed by atoms with E-state index in [4.69, 9.17) is 10.4 Å². The predicted octanol–water partition coefficient (Wildman–Crippen LogP) is 0.895. The van der Waals surface area contributed by atoms with Crippen LogP contribution in [0.3, 0.4) is 0 Å². The number of carboxylic acid groups (broad SMARTS) is 1. The first kappa shape index (κ1) is 12.7. The Morgan fingerprint density at radius 2 is 2.14 bits per heavy atom. The molecule has 2 N–H and O–H groups in total. The van der Waals surface area contributed by atoms with Crippen molar-refractivity contribution in [3.8, 4) is 6.07 Å². The Balaban J connectivity index is 4.05. The van der Waals surface area contributed by atoms with Crippen molar-refractivity contribution < 1.29 is 23.1 Å². The van der Waals surface area contributed by atoms with Crippen molar-refractivity contribution >= 4 is 5.97 Å². The molecule has 0 saturated carbocycles. The number of carbonyl (C=O) groups is 1. The summed E-state index contributed by atoms with van der Waals surface area (Å²) in [6, 6.07) is 0.0107. The molecular formula is C7H9F3N2O2. The van der Waals surface area contributed by atoms with Gasteiger partial charge in [-0.3, -0.25) is 4.79 Å². The Kier molecular flexibility index (Phi) is 4.94. The third kappa shape index (κ3) is 6.25. The van der Waals surface area contributed by atoms with Gasteiger partial charge in [0.15, 0.2) is 0 Å². The zero-order chi connectivity index (χ0) is 11.2. The zero-order valence-corrected chi connectivity index (χ0v) is 7.14. The van der Waals surface area contributed by atoms with Crippen molar-refractivity contribution in [2.75, 3.05) is 6.54 Å². The lowest BCUT2D eigenvalue weighted by molar-refractivity contribution is -0.158.